The summed E-state index contributed by atoms with van der Waals surface area (Å²) < 4.78 is 16.9. The highest BCUT2D eigenvalue weighted by atomic mass is 19.1. The van der Waals surface area contributed by atoms with Crippen LogP contribution in [-0.4, -0.2) is 75.2 Å². The summed E-state index contributed by atoms with van der Waals surface area (Å²) in [7, 11) is 0. The molecule has 1 aliphatic heterocycles. The molecule has 3 heterocycles. The Labute approximate surface area is 186 Å². The monoisotopic (exact) mass is 438 g/mol. The number of hydrogen-bond donors (Lipinski definition) is 1. The lowest BCUT2D eigenvalue weighted by Gasteiger charge is -2.22. The molecule has 32 heavy (non-hydrogen) atoms. The zero-order valence-corrected chi connectivity index (χ0v) is 18.1. The van der Waals surface area contributed by atoms with Crippen molar-refractivity contribution in [3.8, 4) is 11.5 Å². The summed E-state index contributed by atoms with van der Waals surface area (Å²) in [5.74, 6) is 0.168. The van der Waals surface area contributed by atoms with Crippen molar-refractivity contribution >= 4 is 11.8 Å². The number of rotatable bonds is 6. The highest BCUT2D eigenvalue weighted by Crippen LogP contribution is 2.22. The molecule has 8 nitrogen and oxygen atoms in total. The van der Waals surface area contributed by atoms with Crippen LogP contribution in [-0.2, 0) is 4.79 Å². The van der Waals surface area contributed by atoms with Gasteiger partial charge in [0.15, 0.2) is 5.82 Å². The van der Waals surface area contributed by atoms with E-state index in [1.54, 1.807) is 23.0 Å². The minimum Gasteiger partial charge on any atom is -0.355 e. The molecular weight excluding hydrogens is 411 g/mol. The second-order valence-corrected chi connectivity index (χ2v) is 7.74. The number of halogens is 1. The van der Waals surface area contributed by atoms with Crippen LogP contribution in [0, 0.1) is 5.82 Å². The quantitative estimate of drug-likeness (QED) is 0.640. The van der Waals surface area contributed by atoms with Crippen LogP contribution >= 0.6 is 0 Å². The van der Waals surface area contributed by atoms with Gasteiger partial charge < -0.3 is 14.8 Å². The molecule has 2 aromatic heterocycles. The molecule has 0 saturated carbocycles. The van der Waals surface area contributed by atoms with Gasteiger partial charge in [-0.05, 0) is 49.7 Å². The van der Waals surface area contributed by atoms with E-state index in [1.165, 1.54) is 12.1 Å². The summed E-state index contributed by atoms with van der Waals surface area (Å²) in [6.45, 7) is 5.39. The molecule has 3 aromatic rings. The Hall–Kier alpha value is -3.46. The molecule has 0 unspecified atom stereocenters. The number of carbonyl (C=O) groups excluding carboxylic acids is 2. The summed E-state index contributed by atoms with van der Waals surface area (Å²) in [5, 5.41) is 7.27. The van der Waals surface area contributed by atoms with Gasteiger partial charge in [0.2, 0.25) is 5.91 Å². The molecule has 168 valence electrons. The Morgan fingerprint density at radius 2 is 1.81 bits per heavy atom. The number of nitrogens with one attached hydrogen (secondary N) is 1. The molecule has 0 atom stereocenters. The van der Waals surface area contributed by atoms with Crippen molar-refractivity contribution in [1.29, 1.82) is 0 Å². The normalized spacial score (nSPS) is 14.9. The molecule has 1 fully saturated rings. The average molecular weight is 439 g/mol. The molecule has 2 amide bonds. The molecule has 0 aliphatic carbocycles. The van der Waals surface area contributed by atoms with Crippen LogP contribution in [0.15, 0.2) is 55.0 Å². The summed E-state index contributed by atoms with van der Waals surface area (Å²) in [6.07, 6.45) is 6.06. The number of hydrogen-bond acceptors (Lipinski definition) is 4. The minimum absolute atomic E-state index is 0.00254. The third-order valence-corrected chi connectivity index (χ3v) is 5.51. The lowest BCUT2D eigenvalue weighted by Crippen LogP contribution is -2.40. The van der Waals surface area contributed by atoms with Crippen LogP contribution < -0.4 is 5.32 Å². The first-order valence-corrected chi connectivity index (χ1v) is 10.8. The largest absolute Gasteiger partial charge is 0.355 e. The van der Waals surface area contributed by atoms with Crippen LogP contribution in [0.1, 0.15) is 23.7 Å². The highest BCUT2D eigenvalue weighted by molar-refractivity contribution is 5.97. The number of likely N-dealkylation sites (N-methyl/N-ethyl adjacent to an activating group) is 1. The van der Waals surface area contributed by atoms with E-state index in [-0.39, 0.29) is 17.6 Å². The fourth-order valence-corrected chi connectivity index (χ4v) is 3.95. The molecule has 0 radical (unpaired) electrons. The van der Waals surface area contributed by atoms with E-state index in [1.807, 2.05) is 40.9 Å². The van der Waals surface area contributed by atoms with Crippen LogP contribution in [0.25, 0.3) is 11.5 Å². The van der Waals surface area contributed by atoms with Gasteiger partial charge in [-0.3, -0.25) is 14.5 Å². The smallest absolute Gasteiger partial charge is 0.259 e. The maximum absolute atomic E-state index is 13.5. The Morgan fingerprint density at radius 3 is 2.53 bits per heavy atom. The van der Waals surface area contributed by atoms with Crippen molar-refractivity contribution < 1.29 is 14.0 Å². The zero-order chi connectivity index (χ0) is 22.5. The van der Waals surface area contributed by atoms with E-state index >= 15 is 0 Å². The SMILES string of the molecule is CCNC(=O)CN1CCCN(C(=O)c2cnn(-c3ccc(F)cc3)c2-n2cccc2)CC1. The van der Waals surface area contributed by atoms with Gasteiger partial charge in [0.05, 0.1) is 18.4 Å². The van der Waals surface area contributed by atoms with Crippen molar-refractivity contribution in [1.82, 2.24) is 29.5 Å². The molecule has 0 spiro atoms. The first-order valence-electron chi connectivity index (χ1n) is 10.8. The Balaban J connectivity index is 1.57. The van der Waals surface area contributed by atoms with Crippen LogP contribution in [0.2, 0.25) is 0 Å². The number of nitrogens with zero attached hydrogens (tertiary/aromatic N) is 5. The van der Waals surface area contributed by atoms with Crippen molar-refractivity contribution in [2.24, 2.45) is 0 Å². The zero-order valence-electron chi connectivity index (χ0n) is 18.1. The first-order chi connectivity index (χ1) is 15.6. The molecule has 0 bridgehead atoms. The van der Waals surface area contributed by atoms with Crippen molar-refractivity contribution in [2.45, 2.75) is 13.3 Å². The summed E-state index contributed by atoms with van der Waals surface area (Å²) in [5.41, 5.74) is 1.14. The van der Waals surface area contributed by atoms with Gasteiger partial charge in [-0.25, -0.2) is 9.07 Å². The van der Waals surface area contributed by atoms with Gasteiger partial charge >= 0.3 is 0 Å². The molecule has 9 heteroatoms. The second-order valence-electron chi connectivity index (χ2n) is 7.74. The maximum Gasteiger partial charge on any atom is 0.259 e. The highest BCUT2D eigenvalue weighted by Gasteiger charge is 2.26. The lowest BCUT2D eigenvalue weighted by molar-refractivity contribution is -0.122. The molecule has 4 rings (SSSR count). The predicted octanol–water partition coefficient (Wildman–Crippen LogP) is 2.09. The van der Waals surface area contributed by atoms with Gasteiger partial charge in [0, 0.05) is 45.1 Å². The van der Waals surface area contributed by atoms with E-state index in [0.717, 1.165) is 13.0 Å². The summed E-state index contributed by atoms with van der Waals surface area (Å²) in [6, 6.07) is 9.76. The van der Waals surface area contributed by atoms with E-state index in [0.29, 0.717) is 49.8 Å². The van der Waals surface area contributed by atoms with Crippen LogP contribution in [0.4, 0.5) is 4.39 Å². The number of carbonyl (C=O) groups is 2. The molecule has 1 aromatic carbocycles. The van der Waals surface area contributed by atoms with E-state index < -0.39 is 0 Å². The van der Waals surface area contributed by atoms with E-state index in [4.69, 9.17) is 0 Å². The second kappa shape index (κ2) is 9.78. The van der Waals surface area contributed by atoms with Crippen molar-refractivity contribution in [3.05, 3.63) is 66.4 Å². The third kappa shape index (κ3) is 4.72. The van der Waals surface area contributed by atoms with Gasteiger partial charge in [-0.2, -0.15) is 5.10 Å². The van der Waals surface area contributed by atoms with Gasteiger partial charge in [0.1, 0.15) is 11.4 Å². The first kappa shape index (κ1) is 21.8. The third-order valence-electron chi connectivity index (χ3n) is 5.51. The lowest BCUT2D eigenvalue weighted by atomic mass is 10.2. The maximum atomic E-state index is 13.5. The Bertz CT molecular complexity index is 1060. The summed E-state index contributed by atoms with van der Waals surface area (Å²) in [4.78, 5) is 29.3. The van der Waals surface area contributed by atoms with Crippen LogP contribution in [0.5, 0.6) is 0 Å². The van der Waals surface area contributed by atoms with E-state index in [9.17, 15) is 14.0 Å². The van der Waals surface area contributed by atoms with Crippen LogP contribution in [0.3, 0.4) is 0 Å². The van der Waals surface area contributed by atoms with Gasteiger partial charge in [-0.1, -0.05) is 0 Å². The summed E-state index contributed by atoms with van der Waals surface area (Å²) >= 11 is 0. The van der Waals surface area contributed by atoms with Gasteiger partial charge in [0.25, 0.3) is 5.91 Å². The molecular formula is C23H27FN6O2. The Kier molecular flexibility index (Phi) is 6.65. The number of aromatic nitrogens is 3. The molecule has 1 N–H and O–H groups in total. The average Bonchev–Trinajstić information content (AvgIpc) is 3.40. The van der Waals surface area contributed by atoms with Crippen molar-refractivity contribution in [2.75, 3.05) is 39.3 Å². The number of amides is 2. The predicted molar refractivity (Wildman–Crippen MR) is 118 cm³/mol. The fraction of sp³-hybridized carbons (Fsp3) is 0.348. The minimum atomic E-state index is -0.332. The molecule has 1 aliphatic rings. The van der Waals surface area contributed by atoms with E-state index in [2.05, 4.69) is 15.3 Å². The topological polar surface area (TPSA) is 75.4 Å². The molecule has 1 saturated heterocycles. The van der Waals surface area contributed by atoms with Gasteiger partial charge in [-0.15, -0.1) is 0 Å². The van der Waals surface area contributed by atoms with Crippen molar-refractivity contribution in [3.63, 3.8) is 0 Å². The number of benzene rings is 1. The Morgan fingerprint density at radius 1 is 1.06 bits per heavy atom. The fourth-order valence-electron chi connectivity index (χ4n) is 3.95. The standard InChI is InChI=1S/C23H27FN6O2/c1-2-25-21(31)17-27-10-5-13-29(15-14-27)23(32)20-16-26-30(19-8-6-18(24)7-9-19)22(20)28-11-3-4-12-28/h3-4,6-9,11-12,16H,2,5,10,13-15,17H2,1H3,(H,25,31).